The van der Waals surface area contributed by atoms with Crippen molar-refractivity contribution in [2.24, 2.45) is 5.92 Å². The van der Waals surface area contributed by atoms with E-state index in [4.69, 9.17) is 9.47 Å². The summed E-state index contributed by atoms with van der Waals surface area (Å²) in [6.45, 7) is 6.00. The first kappa shape index (κ1) is 32.7. The normalized spacial score (nSPS) is 22.4. The number of fused-ring (bicyclic) bond motifs is 1. The van der Waals surface area contributed by atoms with Crippen molar-refractivity contribution in [1.29, 1.82) is 0 Å². The van der Waals surface area contributed by atoms with Crippen molar-refractivity contribution in [3.05, 3.63) is 23.8 Å². The van der Waals surface area contributed by atoms with Crippen molar-refractivity contribution in [1.82, 2.24) is 9.80 Å². The third-order valence-electron chi connectivity index (χ3n) is 7.05. The molecule has 0 radical (unpaired) electrons. The Balaban J connectivity index is 2.38. The Morgan fingerprint density at radius 2 is 1.90 bits per heavy atom. The number of hydrogen-bond donors (Lipinski definition) is 1. The van der Waals surface area contributed by atoms with Crippen LogP contribution in [0, 0.1) is 5.92 Å². The summed E-state index contributed by atoms with van der Waals surface area (Å²) in [5.74, 6) is -0.736. The van der Waals surface area contributed by atoms with Crippen LogP contribution in [0.5, 0.6) is 5.75 Å². The maximum atomic E-state index is 14.0. The van der Waals surface area contributed by atoms with Crippen LogP contribution in [0.25, 0.3) is 0 Å². The Labute approximate surface area is 230 Å². The molecule has 1 aromatic rings. The van der Waals surface area contributed by atoms with Gasteiger partial charge in [0, 0.05) is 58.9 Å². The van der Waals surface area contributed by atoms with Gasteiger partial charge in [0.2, 0.25) is 5.91 Å². The zero-order chi connectivity index (χ0) is 29.3. The lowest BCUT2D eigenvalue weighted by Crippen LogP contribution is -2.48. The van der Waals surface area contributed by atoms with Crippen LogP contribution < -0.4 is 9.64 Å². The van der Waals surface area contributed by atoms with E-state index >= 15 is 0 Å². The molecule has 4 atom stereocenters. The third kappa shape index (κ3) is 10.2. The zero-order valence-electron chi connectivity index (χ0n) is 24.0. The molecular formula is C28H44F3N3O5. The van der Waals surface area contributed by atoms with E-state index in [9.17, 15) is 27.9 Å². The maximum Gasteiger partial charge on any atom is 0.389 e. The SMILES string of the molecule is C[C@@H]1CN([C@H](C)CO)C(=O)c2cc(N(C)C)ccc2O[C@@H](C)CCCCO[C@H]1CN(C)C(=O)CCC(F)(F)F. The van der Waals surface area contributed by atoms with Crippen molar-refractivity contribution in [3.8, 4) is 5.75 Å². The number of aliphatic hydroxyl groups excluding tert-OH is 1. The van der Waals surface area contributed by atoms with Crippen LogP contribution in [0.3, 0.4) is 0 Å². The fourth-order valence-corrected chi connectivity index (χ4v) is 4.46. The quantitative estimate of drug-likeness (QED) is 0.535. The minimum atomic E-state index is -4.41. The van der Waals surface area contributed by atoms with Gasteiger partial charge in [0.15, 0.2) is 0 Å². The molecule has 222 valence electrons. The first-order valence-electron chi connectivity index (χ1n) is 13.6. The van der Waals surface area contributed by atoms with Gasteiger partial charge in [-0.3, -0.25) is 9.59 Å². The second-order valence-electron chi connectivity index (χ2n) is 10.8. The minimum absolute atomic E-state index is 0.0915. The molecule has 0 unspecified atom stereocenters. The highest BCUT2D eigenvalue weighted by Gasteiger charge is 2.32. The second-order valence-corrected chi connectivity index (χ2v) is 10.8. The van der Waals surface area contributed by atoms with E-state index in [-0.39, 0.29) is 37.6 Å². The van der Waals surface area contributed by atoms with Gasteiger partial charge < -0.3 is 29.3 Å². The minimum Gasteiger partial charge on any atom is -0.490 e. The molecule has 2 amide bonds. The predicted octanol–water partition coefficient (Wildman–Crippen LogP) is 4.35. The van der Waals surface area contributed by atoms with Crippen LogP contribution in [-0.2, 0) is 9.53 Å². The number of nitrogens with zero attached hydrogens (tertiary/aromatic N) is 3. The van der Waals surface area contributed by atoms with Crippen molar-refractivity contribution in [2.45, 2.75) is 77.3 Å². The molecule has 2 rings (SSSR count). The van der Waals surface area contributed by atoms with Gasteiger partial charge in [0.05, 0.1) is 36.8 Å². The smallest absolute Gasteiger partial charge is 0.389 e. The molecule has 0 saturated carbocycles. The van der Waals surface area contributed by atoms with E-state index in [1.54, 1.807) is 24.0 Å². The largest absolute Gasteiger partial charge is 0.490 e. The van der Waals surface area contributed by atoms with E-state index in [1.165, 1.54) is 11.9 Å². The molecule has 39 heavy (non-hydrogen) atoms. The topological polar surface area (TPSA) is 82.6 Å². The predicted molar refractivity (Wildman–Crippen MR) is 144 cm³/mol. The van der Waals surface area contributed by atoms with Gasteiger partial charge in [0.1, 0.15) is 5.75 Å². The summed E-state index contributed by atoms with van der Waals surface area (Å²) < 4.78 is 50.3. The van der Waals surface area contributed by atoms with Crippen molar-refractivity contribution >= 4 is 17.5 Å². The number of halogens is 3. The Bertz CT molecular complexity index is 944. The van der Waals surface area contributed by atoms with Crippen LogP contribution in [0.1, 0.15) is 63.2 Å². The Morgan fingerprint density at radius 1 is 1.21 bits per heavy atom. The van der Waals surface area contributed by atoms with Gasteiger partial charge in [0.25, 0.3) is 5.91 Å². The number of aliphatic hydroxyl groups is 1. The third-order valence-corrected chi connectivity index (χ3v) is 7.05. The Hall–Kier alpha value is -2.53. The van der Waals surface area contributed by atoms with Gasteiger partial charge in [-0.1, -0.05) is 6.92 Å². The number of ether oxygens (including phenoxy) is 2. The van der Waals surface area contributed by atoms with Crippen LogP contribution >= 0.6 is 0 Å². The highest BCUT2D eigenvalue weighted by molar-refractivity contribution is 5.98. The van der Waals surface area contributed by atoms with E-state index < -0.39 is 37.1 Å². The lowest BCUT2D eigenvalue weighted by Gasteiger charge is -2.36. The number of alkyl halides is 3. The molecule has 1 N–H and O–H groups in total. The number of benzene rings is 1. The molecule has 1 aromatic carbocycles. The average Bonchev–Trinajstić information content (AvgIpc) is 2.87. The van der Waals surface area contributed by atoms with Crippen LogP contribution in [-0.4, -0.2) is 98.6 Å². The highest BCUT2D eigenvalue weighted by Crippen LogP contribution is 2.29. The number of anilines is 1. The number of amides is 2. The fraction of sp³-hybridized carbons (Fsp3) is 0.714. The second kappa shape index (κ2) is 14.7. The summed E-state index contributed by atoms with van der Waals surface area (Å²) in [6, 6.07) is 4.94. The molecule has 1 aliphatic rings. The van der Waals surface area contributed by atoms with E-state index in [0.29, 0.717) is 17.9 Å². The summed E-state index contributed by atoms with van der Waals surface area (Å²) >= 11 is 0. The first-order valence-corrected chi connectivity index (χ1v) is 13.6. The Kier molecular flexibility index (Phi) is 12.4. The van der Waals surface area contributed by atoms with E-state index in [2.05, 4.69) is 0 Å². The number of carbonyl (C=O) groups is 2. The molecular weight excluding hydrogens is 515 g/mol. The van der Waals surface area contributed by atoms with Gasteiger partial charge in [-0.2, -0.15) is 13.2 Å². The Morgan fingerprint density at radius 3 is 2.51 bits per heavy atom. The number of likely N-dealkylation sites (N-methyl/N-ethyl adjacent to an activating group) is 1. The van der Waals surface area contributed by atoms with Crippen molar-refractivity contribution < 1.29 is 37.3 Å². The monoisotopic (exact) mass is 559 g/mol. The summed E-state index contributed by atoms with van der Waals surface area (Å²) in [7, 11) is 5.23. The number of hydrogen-bond acceptors (Lipinski definition) is 6. The van der Waals surface area contributed by atoms with E-state index in [0.717, 1.165) is 24.9 Å². The van der Waals surface area contributed by atoms with E-state index in [1.807, 2.05) is 38.9 Å². The zero-order valence-corrected chi connectivity index (χ0v) is 24.0. The molecule has 0 bridgehead atoms. The molecule has 0 spiro atoms. The molecule has 0 saturated heterocycles. The molecule has 8 nitrogen and oxygen atoms in total. The van der Waals surface area contributed by atoms with Gasteiger partial charge >= 0.3 is 6.18 Å². The van der Waals surface area contributed by atoms with Crippen LogP contribution in [0.2, 0.25) is 0 Å². The molecule has 1 aliphatic heterocycles. The first-order chi connectivity index (χ1) is 18.2. The lowest BCUT2D eigenvalue weighted by atomic mass is 10.0. The fourth-order valence-electron chi connectivity index (χ4n) is 4.46. The molecule has 0 aromatic heterocycles. The van der Waals surface area contributed by atoms with Crippen LogP contribution in [0.4, 0.5) is 18.9 Å². The summed E-state index contributed by atoms with van der Waals surface area (Å²) in [4.78, 5) is 31.1. The summed E-state index contributed by atoms with van der Waals surface area (Å²) in [5.41, 5.74) is 1.21. The number of carbonyl (C=O) groups excluding carboxylic acids is 2. The molecule has 11 heteroatoms. The highest BCUT2D eigenvalue weighted by atomic mass is 19.4. The standard InChI is InChI=1S/C28H44F3N3O5/c1-19-16-34(20(2)18-35)27(37)23-15-22(32(4)5)10-11-24(23)39-21(3)9-7-8-14-38-25(19)17-33(6)26(36)12-13-28(29,30)31/h10-11,15,19-21,25,35H,7-9,12-14,16-18H2,1-6H3/t19-,20-,21+,25+/m1/s1. The lowest BCUT2D eigenvalue weighted by molar-refractivity contribution is -0.149. The van der Waals surface area contributed by atoms with Gasteiger partial charge in [-0.15, -0.1) is 0 Å². The maximum absolute atomic E-state index is 14.0. The molecule has 1 heterocycles. The summed E-state index contributed by atoms with van der Waals surface area (Å²) in [5, 5.41) is 9.99. The number of rotatable bonds is 7. The summed E-state index contributed by atoms with van der Waals surface area (Å²) in [6.07, 6.45) is -4.59. The van der Waals surface area contributed by atoms with Gasteiger partial charge in [-0.05, 0) is 51.3 Å². The van der Waals surface area contributed by atoms with Crippen molar-refractivity contribution in [3.63, 3.8) is 0 Å². The van der Waals surface area contributed by atoms with Gasteiger partial charge in [-0.25, -0.2) is 0 Å². The average molecular weight is 560 g/mol. The molecule has 0 aliphatic carbocycles. The van der Waals surface area contributed by atoms with Crippen LogP contribution in [0.15, 0.2) is 18.2 Å². The molecule has 0 fully saturated rings. The van der Waals surface area contributed by atoms with Crippen molar-refractivity contribution in [2.75, 3.05) is 52.3 Å².